The lowest BCUT2D eigenvalue weighted by Gasteiger charge is -2.39. The van der Waals surface area contributed by atoms with Gasteiger partial charge in [-0.1, -0.05) is 6.92 Å². The molecule has 1 fully saturated rings. The summed E-state index contributed by atoms with van der Waals surface area (Å²) in [5.74, 6) is -2.37. The molecule has 0 aliphatic carbocycles. The van der Waals surface area contributed by atoms with Crippen LogP contribution in [0.4, 0.5) is 26.1 Å². The minimum Gasteiger partial charge on any atom is -0.395 e. The quantitative estimate of drug-likeness (QED) is 0.462. The van der Waals surface area contributed by atoms with Crippen LogP contribution in [0.15, 0.2) is 36.5 Å². The minimum atomic E-state index is -2.66. The van der Waals surface area contributed by atoms with Crippen molar-refractivity contribution in [1.82, 2.24) is 14.9 Å². The van der Waals surface area contributed by atoms with Crippen LogP contribution in [-0.2, 0) is 12.0 Å². The monoisotopic (exact) mass is 501 g/mol. The number of nitrogens with zero attached hydrogens (tertiary/aromatic N) is 5. The summed E-state index contributed by atoms with van der Waals surface area (Å²) >= 11 is 0. The standard InChI is InChI=1S/C27H25F2N7O/c1-16-20(11-36-13-27(28,29)14-36)5-17(9-30)6-23(16)35-25-32-4-3-22(34-25)18-7-19(10-31)24-21(8-18)26(2,15-37)12-33-24/h3-8,33,37H,11-15H2,1-2H3,(H,32,34,35)/t26-/m1/s1. The van der Waals surface area contributed by atoms with Crippen LogP contribution in [0.5, 0.6) is 0 Å². The third kappa shape index (κ3) is 4.57. The van der Waals surface area contributed by atoms with E-state index in [1.165, 1.54) is 0 Å². The van der Waals surface area contributed by atoms with Crippen molar-refractivity contribution in [2.24, 2.45) is 0 Å². The van der Waals surface area contributed by atoms with Gasteiger partial charge in [0.1, 0.15) is 6.07 Å². The molecule has 1 aromatic heterocycles. The highest BCUT2D eigenvalue weighted by Gasteiger charge is 2.43. The van der Waals surface area contributed by atoms with E-state index in [2.05, 4.69) is 32.7 Å². The number of hydrogen-bond donors (Lipinski definition) is 3. The van der Waals surface area contributed by atoms with Crippen molar-refractivity contribution < 1.29 is 13.9 Å². The normalized spacial score (nSPS) is 19.8. The van der Waals surface area contributed by atoms with E-state index in [1.54, 1.807) is 35.4 Å². The molecule has 188 valence electrons. The highest BCUT2D eigenvalue weighted by molar-refractivity contribution is 5.76. The molecule has 1 atom stereocenters. The number of nitrogens with one attached hydrogen (secondary N) is 2. The minimum absolute atomic E-state index is 0.0657. The molecular weight excluding hydrogens is 476 g/mol. The molecule has 8 nitrogen and oxygen atoms in total. The Bertz CT molecular complexity index is 1470. The number of halogens is 2. The van der Waals surface area contributed by atoms with Crippen LogP contribution < -0.4 is 10.6 Å². The summed E-state index contributed by atoms with van der Waals surface area (Å²) in [6, 6.07) is 13.2. The van der Waals surface area contributed by atoms with E-state index < -0.39 is 11.3 Å². The first-order chi connectivity index (χ1) is 17.6. The summed E-state index contributed by atoms with van der Waals surface area (Å²) in [6.45, 7) is 3.98. The van der Waals surface area contributed by atoms with E-state index in [9.17, 15) is 24.4 Å². The fourth-order valence-electron chi connectivity index (χ4n) is 4.86. The maximum Gasteiger partial charge on any atom is 0.272 e. The average Bonchev–Trinajstić information content (AvgIpc) is 3.22. The predicted molar refractivity (Wildman–Crippen MR) is 135 cm³/mol. The van der Waals surface area contributed by atoms with Crippen LogP contribution in [0, 0.1) is 29.6 Å². The van der Waals surface area contributed by atoms with Crippen molar-refractivity contribution >= 4 is 17.3 Å². The van der Waals surface area contributed by atoms with E-state index in [0.717, 1.165) is 22.4 Å². The summed E-state index contributed by atoms with van der Waals surface area (Å²) in [5, 5.41) is 35.6. The maximum atomic E-state index is 13.3. The van der Waals surface area contributed by atoms with E-state index in [-0.39, 0.29) is 19.7 Å². The van der Waals surface area contributed by atoms with Crippen LogP contribution >= 0.6 is 0 Å². The Morgan fingerprint density at radius 3 is 2.65 bits per heavy atom. The molecule has 1 saturated heterocycles. The second-order valence-electron chi connectivity index (χ2n) is 9.94. The first kappa shape index (κ1) is 24.6. The van der Waals surface area contributed by atoms with Gasteiger partial charge < -0.3 is 15.7 Å². The third-order valence-electron chi connectivity index (χ3n) is 7.06. The Morgan fingerprint density at radius 1 is 1.19 bits per heavy atom. The van der Waals surface area contributed by atoms with Crippen molar-refractivity contribution in [2.45, 2.75) is 31.7 Å². The SMILES string of the molecule is Cc1c(CN2CC(F)(F)C2)cc(C#N)cc1Nc1nccc(-c2cc(C#N)c3c(c2)[C@@](C)(CO)CN3)n1. The molecule has 0 bridgehead atoms. The molecule has 37 heavy (non-hydrogen) atoms. The largest absolute Gasteiger partial charge is 0.395 e. The van der Waals surface area contributed by atoms with Gasteiger partial charge in [0.25, 0.3) is 5.92 Å². The number of rotatable bonds is 6. The van der Waals surface area contributed by atoms with Gasteiger partial charge >= 0.3 is 0 Å². The number of aromatic nitrogens is 2. The average molecular weight is 502 g/mol. The van der Waals surface area contributed by atoms with Gasteiger partial charge in [-0.2, -0.15) is 10.5 Å². The Kier molecular flexibility index (Phi) is 6.03. The lowest BCUT2D eigenvalue weighted by molar-refractivity contribution is -0.133. The Balaban J connectivity index is 1.46. The Hall–Kier alpha value is -4.12. The molecule has 0 spiro atoms. The van der Waals surface area contributed by atoms with Gasteiger partial charge in [0.05, 0.1) is 48.3 Å². The second kappa shape index (κ2) is 9.07. The summed E-state index contributed by atoms with van der Waals surface area (Å²) in [6.07, 6.45) is 1.60. The molecule has 3 aromatic rings. The molecule has 2 aliphatic heterocycles. The van der Waals surface area contributed by atoms with Crippen LogP contribution in [0.2, 0.25) is 0 Å². The highest BCUT2D eigenvalue weighted by Crippen LogP contribution is 2.41. The number of anilines is 3. The van der Waals surface area contributed by atoms with Crippen molar-refractivity contribution in [3.05, 3.63) is 64.3 Å². The summed E-state index contributed by atoms with van der Waals surface area (Å²) in [4.78, 5) is 10.6. The van der Waals surface area contributed by atoms with E-state index in [1.807, 2.05) is 19.9 Å². The molecule has 10 heteroatoms. The molecule has 0 saturated carbocycles. The Labute approximate surface area is 213 Å². The number of hydrogen-bond acceptors (Lipinski definition) is 8. The van der Waals surface area contributed by atoms with Gasteiger partial charge in [0, 0.05) is 36.0 Å². The van der Waals surface area contributed by atoms with Crippen molar-refractivity contribution in [1.29, 1.82) is 10.5 Å². The molecule has 3 heterocycles. The van der Waals surface area contributed by atoms with Crippen molar-refractivity contribution in [3.8, 4) is 23.4 Å². The molecule has 2 aliphatic rings. The second-order valence-corrected chi connectivity index (χ2v) is 9.94. The van der Waals surface area contributed by atoms with Gasteiger partial charge in [0.15, 0.2) is 0 Å². The fourth-order valence-corrected chi connectivity index (χ4v) is 4.86. The summed E-state index contributed by atoms with van der Waals surface area (Å²) in [7, 11) is 0. The number of likely N-dealkylation sites (tertiary alicyclic amines) is 1. The van der Waals surface area contributed by atoms with Crippen molar-refractivity contribution in [2.75, 3.05) is 36.9 Å². The molecule has 0 radical (unpaired) electrons. The number of aliphatic hydroxyl groups excluding tert-OH is 1. The van der Waals surface area contributed by atoms with Crippen LogP contribution in [-0.4, -0.2) is 52.1 Å². The molecule has 0 amide bonds. The van der Waals surface area contributed by atoms with Crippen LogP contribution in [0.1, 0.15) is 34.7 Å². The molecule has 0 unspecified atom stereocenters. The zero-order chi connectivity index (χ0) is 26.4. The maximum absolute atomic E-state index is 13.3. The summed E-state index contributed by atoms with van der Waals surface area (Å²) in [5.41, 5.74) is 5.45. The Morgan fingerprint density at radius 2 is 1.97 bits per heavy atom. The molecular formula is C27H25F2N7O. The third-order valence-corrected chi connectivity index (χ3v) is 7.06. The topological polar surface area (TPSA) is 121 Å². The number of fused-ring (bicyclic) bond motifs is 1. The molecule has 5 rings (SSSR count). The van der Waals surface area contributed by atoms with Crippen LogP contribution in [0.3, 0.4) is 0 Å². The molecule has 2 aromatic carbocycles. The van der Waals surface area contributed by atoms with Gasteiger partial charge in [0.2, 0.25) is 5.95 Å². The predicted octanol–water partition coefficient (Wildman–Crippen LogP) is 4.07. The number of benzene rings is 2. The van der Waals surface area contributed by atoms with Gasteiger partial charge in [-0.15, -0.1) is 0 Å². The van der Waals surface area contributed by atoms with Crippen molar-refractivity contribution in [3.63, 3.8) is 0 Å². The van der Waals surface area contributed by atoms with E-state index in [4.69, 9.17) is 0 Å². The summed E-state index contributed by atoms with van der Waals surface area (Å²) < 4.78 is 26.6. The number of alkyl halides is 2. The highest BCUT2D eigenvalue weighted by atomic mass is 19.3. The lowest BCUT2D eigenvalue weighted by Crippen LogP contribution is -2.55. The van der Waals surface area contributed by atoms with Crippen LogP contribution in [0.25, 0.3) is 11.3 Å². The van der Waals surface area contributed by atoms with Gasteiger partial charge in [-0.25, -0.2) is 18.7 Å². The van der Waals surface area contributed by atoms with E-state index >= 15 is 0 Å². The first-order valence-corrected chi connectivity index (χ1v) is 11.8. The zero-order valence-electron chi connectivity index (χ0n) is 20.4. The smallest absolute Gasteiger partial charge is 0.272 e. The molecule has 3 N–H and O–H groups in total. The lowest BCUT2D eigenvalue weighted by atomic mass is 9.83. The number of aliphatic hydroxyl groups is 1. The fraction of sp³-hybridized carbons (Fsp3) is 0.333. The van der Waals surface area contributed by atoms with Gasteiger partial charge in [-0.3, -0.25) is 4.90 Å². The first-order valence-electron chi connectivity index (χ1n) is 11.8. The van der Waals surface area contributed by atoms with Gasteiger partial charge in [-0.05, 0) is 53.9 Å². The number of nitriles is 2. The van der Waals surface area contributed by atoms with E-state index in [0.29, 0.717) is 47.1 Å². The zero-order valence-corrected chi connectivity index (χ0v) is 20.4.